The number of aryl methyl sites for hydroxylation is 1. The Bertz CT molecular complexity index is 1350. The van der Waals surface area contributed by atoms with Crippen molar-refractivity contribution in [2.75, 3.05) is 23.9 Å². The third-order valence-corrected chi connectivity index (χ3v) is 6.12. The Morgan fingerprint density at radius 2 is 1.74 bits per heavy atom. The van der Waals surface area contributed by atoms with Gasteiger partial charge in [-0.3, -0.25) is 14.4 Å². The third-order valence-electron chi connectivity index (χ3n) is 5.88. The molecule has 2 amide bonds. The number of nitrogens with one attached hydrogen (secondary N) is 1. The summed E-state index contributed by atoms with van der Waals surface area (Å²) in [7, 11) is 1.22. The smallest absolute Gasteiger partial charge is 0.338 e. The van der Waals surface area contributed by atoms with Crippen LogP contribution in [0.1, 0.15) is 59.8 Å². The molecule has 0 aliphatic carbocycles. The number of ether oxygens (including phenoxy) is 1. The van der Waals surface area contributed by atoms with E-state index in [4.69, 9.17) is 16.3 Å². The minimum absolute atomic E-state index is 0.00571. The highest BCUT2D eigenvalue weighted by Crippen LogP contribution is 2.31. The van der Waals surface area contributed by atoms with Crippen molar-refractivity contribution in [1.82, 2.24) is 0 Å². The molecule has 3 aromatic rings. The van der Waals surface area contributed by atoms with Crippen LogP contribution in [0, 0.1) is 6.92 Å². The van der Waals surface area contributed by atoms with Crippen molar-refractivity contribution in [3.8, 4) is 0 Å². The number of hydrogen-bond donors (Lipinski definition) is 1. The maximum atomic E-state index is 13.6. The van der Waals surface area contributed by atoms with Crippen molar-refractivity contribution >= 4 is 46.5 Å². The lowest BCUT2D eigenvalue weighted by Crippen LogP contribution is -2.33. The van der Waals surface area contributed by atoms with Crippen molar-refractivity contribution < 1.29 is 23.9 Å². The van der Waals surface area contributed by atoms with E-state index in [-0.39, 0.29) is 29.2 Å². The van der Waals surface area contributed by atoms with Crippen LogP contribution >= 0.6 is 11.6 Å². The predicted octanol–water partition coefficient (Wildman–Crippen LogP) is 5.31. The summed E-state index contributed by atoms with van der Waals surface area (Å²) < 4.78 is 4.91. The lowest BCUT2D eigenvalue weighted by atomic mass is 10.0. The molecule has 1 aliphatic rings. The number of fused-ring (bicyclic) bond motifs is 1. The summed E-state index contributed by atoms with van der Waals surface area (Å²) >= 11 is 6.09. The first-order valence-corrected chi connectivity index (χ1v) is 11.4. The SMILES string of the molecule is COC(=O)c1cc(NC(=O)c2ccccc2C)ccc1C(=O)N1CCCC(=O)c2cc(Cl)ccc21. The summed E-state index contributed by atoms with van der Waals surface area (Å²) in [6.07, 6.45) is 0.750. The molecule has 4 rings (SSSR count). The quantitative estimate of drug-likeness (QED) is 0.500. The number of halogens is 1. The Labute approximate surface area is 207 Å². The monoisotopic (exact) mass is 490 g/mol. The number of hydrogen-bond acceptors (Lipinski definition) is 5. The molecule has 0 bridgehead atoms. The molecule has 0 unspecified atom stereocenters. The van der Waals surface area contributed by atoms with Gasteiger partial charge in [-0.1, -0.05) is 29.8 Å². The van der Waals surface area contributed by atoms with Crippen molar-refractivity contribution in [3.63, 3.8) is 0 Å². The molecule has 178 valence electrons. The van der Waals surface area contributed by atoms with E-state index in [0.29, 0.717) is 40.5 Å². The van der Waals surface area contributed by atoms with Gasteiger partial charge in [-0.15, -0.1) is 0 Å². The Morgan fingerprint density at radius 3 is 2.49 bits per heavy atom. The van der Waals surface area contributed by atoms with E-state index in [1.165, 1.54) is 24.1 Å². The summed E-state index contributed by atoms with van der Waals surface area (Å²) in [5.41, 5.74) is 2.55. The van der Waals surface area contributed by atoms with Gasteiger partial charge in [0.05, 0.1) is 23.9 Å². The molecule has 0 fully saturated rings. The summed E-state index contributed by atoms with van der Waals surface area (Å²) in [4.78, 5) is 53.0. The normalized spacial score (nSPS) is 13.0. The van der Waals surface area contributed by atoms with Crippen LogP contribution in [0.15, 0.2) is 60.7 Å². The van der Waals surface area contributed by atoms with Gasteiger partial charge >= 0.3 is 5.97 Å². The third kappa shape index (κ3) is 4.95. The van der Waals surface area contributed by atoms with Gasteiger partial charge in [0.25, 0.3) is 11.8 Å². The van der Waals surface area contributed by atoms with Crippen LogP contribution in [0.25, 0.3) is 0 Å². The lowest BCUT2D eigenvalue weighted by molar-refractivity contribution is 0.0596. The minimum Gasteiger partial charge on any atom is -0.465 e. The van der Waals surface area contributed by atoms with Crippen molar-refractivity contribution in [2.24, 2.45) is 0 Å². The summed E-state index contributed by atoms with van der Waals surface area (Å²) in [5.74, 6) is -1.61. The fraction of sp³-hybridized carbons (Fsp3) is 0.185. The Balaban J connectivity index is 1.71. The number of carbonyl (C=O) groups is 4. The van der Waals surface area contributed by atoms with E-state index in [9.17, 15) is 19.2 Å². The topological polar surface area (TPSA) is 92.8 Å². The molecule has 0 aromatic heterocycles. The van der Waals surface area contributed by atoms with Crippen LogP contribution in [0.2, 0.25) is 5.02 Å². The van der Waals surface area contributed by atoms with Crippen LogP contribution in [0.3, 0.4) is 0 Å². The molecule has 7 nitrogen and oxygen atoms in total. The Hall–Kier alpha value is -3.97. The average molecular weight is 491 g/mol. The first-order valence-electron chi connectivity index (χ1n) is 11.0. The van der Waals surface area contributed by atoms with E-state index in [1.807, 2.05) is 19.1 Å². The second kappa shape index (κ2) is 10.1. The van der Waals surface area contributed by atoms with Gasteiger partial charge in [0.2, 0.25) is 0 Å². The lowest BCUT2D eigenvalue weighted by Gasteiger charge is -2.24. The number of carbonyl (C=O) groups excluding carboxylic acids is 4. The summed E-state index contributed by atoms with van der Waals surface area (Å²) in [6.45, 7) is 2.12. The predicted molar refractivity (Wildman–Crippen MR) is 134 cm³/mol. The summed E-state index contributed by atoms with van der Waals surface area (Å²) in [5, 5.41) is 3.17. The van der Waals surface area contributed by atoms with Crippen LogP contribution in [-0.2, 0) is 4.74 Å². The molecule has 0 atom stereocenters. The number of benzene rings is 3. The maximum absolute atomic E-state index is 13.6. The van der Waals surface area contributed by atoms with Gasteiger partial charge in [-0.2, -0.15) is 0 Å². The number of anilines is 2. The number of ketones is 1. The number of Topliss-reactive ketones (excluding diaryl/α,β-unsaturated/α-hetero) is 1. The minimum atomic E-state index is -0.720. The number of methoxy groups -OCH3 is 1. The fourth-order valence-corrected chi connectivity index (χ4v) is 4.26. The zero-order valence-corrected chi connectivity index (χ0v) is 20.0. The number of nitrogens with zero attached hydrogens (tertiary/aromatic N) is 1. The molecule has 0 saturated heterocycles. The van der Waals surface area contributed by atoms with E-state index < -0.39 is 11.9 Å². The highest BCUT2D eigenvalue weighted by atomic mass is 35.5. The zero-order chi connectivity index (χ0) is 25.1. The molecule has 1 aliphatic heterocycles. The number of rotatable bonds is 4. The summed E-state index contributed by atoms with van der Waals surface area (Å²) in [6, 6.07) is 16.4. The average Bonchev–Trinajstić information content (AvgIpc) is 3.01. The van der Waals surface area contributed by atoms with Crippen LogP contribution in [0.4, 0.5) is 11.4 Å². The molecule has 3 aromatic carbocycles. The van der Waals surface area contributed by atoms with Crippen molar-refractivity contribution in [2.45, 2.75) is 19.8 Å². The van der Waals surface area contributed by atoms with E-state index in [2.05, 4.69) is 5.32 Å². The largest absolute Gasteiger partial charge is 0.465 e. The Morgan fingerprint density at radius 1 is 0.971 bits per heavy atom. The first-order chi connectivity index (χ1) is 16.8. The second-order valence-corrected chi connectivity index (χ2v) is 8.60. The second-order valence-electron chi connectivity index (χ2n) is 8.17. The number of amides is 2. The van der Waals surface area contributed by atoms with Gasteiger partial charge < -0.3 is 15.0 Å². The van der Waals surface area contributed by atoms with Gasteiger partial charge in [-0.05, 0) is 61.4 Å². The van der Waals surface area contributed by atoms with Crippen molar-refractivity contribution in [1.29, 1.82) is 0 Å². The molecule has 0 spiro atoms. The van der Waals surface area contributed by atoms with Gasteiger partial charge in [0.1, 0.15) is 0 Å². The molecule has 1 heterocycles. The van der Waals surface area contributed by atoms with Gasteiger partial charge in [0, 0.05) is 34.8 Å². The van der Waals surface area contributed by atoms with Crippen LogP contribution in [-0.4, -0.2) is 37.2 Å². The molecule has 1 N–H and O–H groups in total. The van der Waals surface area contributed by atoms with E-state index >= 15 is 0 Å². The van der Waals surface area contributed by atoms with E-state index in [0.717, 1.165) is 5.56 Å². The first kappa shape index (κ1) is 24.2. The molecule has 8 heteroatoms. The van der Waals surface area contributed by atoms with E-state index in [1.54, 1.807) is 36.4 Å². The molecular formula is C27H23ClN2O5. The van der Waals surface area contributed by atoms with Gasteiger partial charge in [0.15, 0.2) is 5.78 Å². The molecule has 35 heavy (non-hydrogen) atoms. The van der Waals surface area contributed by atoms with Gasteiger partial charge in [-0.25, -0.2) is 4.79 Å². The highest BCUT2D eigenvalue weighted by molar-refractivity contribution is 6.31. The molecular weight excluding hydrogens is 468 g/mol. The Kier molecular flexibility index (Phi) is 6.98. The maximum Gasteiger partial charge on any atom is 0.338 e. The fourth-order valence-electron chi connectivity index (χ4n) is 4.09. The molecule has 0 saturated carbocycles. The molecule has 0 radical (unpaired) electrons. The number of esters is 1. The van der Waals surface area contributed by atoms with Crippen LogP contribution < -0.4 is 10.2 Å². The van der Waals surface area contributed by atoms with Crippen LogP contribution in [0.5, 0.6) is 0 Å². The van der Waals surface area contributed by atoms with Crippen molar-refractivity contribution in [3.05, 3.63) is 93.5 Å². The zero-order valence-electron chi connectivity index (χ0n) is 19.3. The highest BCUT2D eigenvalue weighted by Gasteiger charge is 2.29. The standard InChI is InChI=1S/C27H23ClN2O5/c1-16-6-3-4-7-19(16)25(32)29-18-10-11-20(21(15-18)27(34)35-2)26(33)30-13-5-8-24(31)22-14-17(28)9-12-23(22)30/h3-4,6-7,9-12,14-15H,5,8,13H2,1-2H3,(H,29,32).